The van der Waals surface area contributed by atoms with E-state index in [2.05, 4.69) is 5.32 Å². The van der Waals surface area contributed by atoms with Crippen LogP contribution < -0.4 is 14.8 Å². The molecule has 2 aliphatic rings. The van der Waals surface area contributed by atoms with Gasteiger partial charge in [-0.1, -0.05) is 0 Å². The molecule has 2 aromatic rings. The molecular formula is C28H32N2O9. The zero-order chi connectivity index (χ0) is 28.1. The molecular weight excluding hydrogens is 508 g/mol. The molecule has 39 heavy (non-hydrogen) atoms. The van der Waals surface area contributed by atoms with Crippen molar-refractivity contribution in [1.82, 2.24) is 10.2 Å². The van der Waals surface area contributed by atoms with Crippen molar-refractivity contribution in [2.24, 2.45) is 0 Å². The smallest absolute Gasteiger partial charge is 0.247 e. The Bertz CT molecular complexity index is 1250. The number of aliphatic hydroxyl groups excluding tert-OH is 2. The van der Waals surface area contributed by atoms with Gasteiger partial charge in [-0.3, -0.25) is 14.4 Å². The lowest BCUT2D eigenvalue weighted by Crippen LogP contribution is -2.55. The van der Waals surface area contributed by atoms with Gasteiger partial charge in [0.15, 0.2) is 11.5 Å². The van der Waals surface area contributed by atoms with Gasteiger partial charge < -0.3 is 39.1 Å². The molecule has 11 heteroatoms. The molecule has 0 spiro atoms. The van der Waals surface area contributed by atoms with E-state index in [4.69, 9.17) is 13.9 Å². The van der Waals surface area contributed by atoms with Crippen molar-refractivity contribution in [3.05, 3.63) is 59.1 Å². The molecule has 0 bridgehead atoms. The van der Waals surface area contributed by atoms with Crippen LogP contribution in [0.4, 0.5) is 0 Å². The number of hydrogen-bond acceptors (Lipinski definition) is 9. The predicted molar refractivity (Wildman–Crippen MR) is 137 cm³/mol. The van der Waals surface area contributed by atoms with Gasteiger partial charge in [0.1, 0.15) is 24.3 Å². The molecule has 1 aromatic carbocycles. The lowest BCUT2D eigenvalue weighted by molar-refractivity contribution is -0.138. The predicted octanol–water partition coefficient (Wildman–Crippen LogP) is 1.51. The van der Waals surface area contributed by atoms with E-state index in [-0.39, 0.29) is 55.6 Å². The van der Waals surface area contributed by atoms with Crippen molar-refractivity contribution in [2.75, 3.05) is 20.3 Å². The number of Topliss-reactive ketones (excluding diaryl/α,β-unsaturated/α-hetero) is 1. The average Bonchev–Trinajstić information content (AvgIpc) is 3.58. The first-order valence-corrected chi connectivity index (χ1v) is 12.7. The van der Waals surface area contributed by atoms with Crippen LogP contribution in [0.2, 0.25) is 0 Å². The maximum absolute atomic E-state index is 13.4. The summed E-state index contributed by atoms with van der Waals surface area (Å²) in [5, 5.41) is 23.5. The van der Waals surface area contributed by atoms with E-state index in [1.54, 1.807) is 18.2 Å². The van der Waals surface area contributed by atoms with Gasteiger partial charge in [0.05, 0.1) is 38.2 Å². The Balaban J connectivity index is 1.77. The summed E-state index contributed by atoms with van der Waals surface area (Å²) in [5.74, 6) is -1.04. The number of fused-ring (bicyclic) bond motifs is 3. The van der Waals surface area contributed by atoms with Crippen LogP contribution in [0.3, 0.4) is 0 Å². The highest BCUT2D eigenvalue weighted by Gasteiger charge is 2.51. The average molecular weight is 541 g/mol. The van der Waals surface area contributed by atoms with Crippen LogP contribution in [-0.2, 0) is 20.9 Å². The number of hydrogen-bond donors (Lipinski definition) is 3. The van der Waals surface area contributed by atoms with Crippen molar-refractivity contribution >= 4 is 23.9 Å². The molecule has 1 aliphatic heterocycles. The number of ether oxygens (including phenoxy) is 2. The molecule has 1 aliphatic carbocycles. The van der Waals surface area contributed by atoms with E-state index < -0.39 is 30.1 Å². The number of ketones is 1. The Kier molecular flexibility index (Phi) is 8.82. The van der Waals surface area contributed by atoms with E-state index in [9.17, 15) is 29.4 Å². The van der Waals surface area contributed by atoms with Crippen LogP contribution in [-0.4, -0.2) is 77.5 Å². The number of carbonyl (C=O) groups excluding carboxylic acids is 4. The van der Waals surface area contributed by atoms with Crippen molar-refractivity contribution in [1.29, 1.82) is 0 Å². The highest BCUT2D eigenvalue weighted by atomic mass is 16.5. The van der Waals surface area contributed by atoms with Gasteiger partial charge in [0.2, 0.25) is 11.8 Å². The van der Waals surface area contributed by atoms with Gasteiger partial charge in [0, 0.05) is 48.2 Å². The number of aldehydes is 1. The maximum atomic E-state index is 13.4. The van der Waals surface area contributed by atoms with Crippen LogP contribution >= 0.6 is 0 Å². The minimum Gasteiger partial charge on any atom is -0.493 e. The fourth-order valence-corrected chi connectivity index (χ4v) is 5.13. The normalized spacial score (nSPS) is 21.2. The lowest BCUT2D eigenvalue weighted by atomic mass is 9.77. The Labute approximate surface area is 225 Å². The summed E-state index contributed by atoms with van der Waals surface area (Å²) in [6.45, 7) is 1.26. The number of nitrogens with zero attached hydrogens (tertiary/aromatic N) is 1. The third-order valence-corrected chi connectivity index (χ3v) is 6.94. The van der Waals surface area contributed by atoms with Crippen LogP contribution in [0.5, 0.6) is 11.5 Å². The molecule has 4 unspecified atom stereocenters. The summed E-state index contributed by atoms with van der Waals surface area (Å²) in [7, 11) is 1.42. The fraction of sp³-hybridized carbons (Fsp3) is 0.429. The van der Waals surface area contributed by atoms with E-state index in [0.29, 0.717) is 35.1 Å². The van der Waals surface area contributed by atoms with Gasteiger partial charge in [-0.2, -0.15) is 0 Å². The summed E-state index contributed by atoms with van der Waals surface area (Å²) >= 11 is 0. The zero-order valence-electron chi connectivity index (χ0n) is 21.8. The Hall–Kier alpha value is -3.96. The summed E-state index contributed by atoms with van der Waals surface area (Å²) in [6.07, 6.45) is 3.56. The molecule has 208 valence electrons. The summed E-state index contributed by atoms with van der Waals surface area (Å²) in [5.41, 5.74) is 1.71. The molecule has 3 N–H and O–H groups in total. The second-order valence-corrected chi connectivity index (χ2v) is 9.61. The van der Waals surface area contributed by atoms with E-state index in [0.717, 1.165) is 0 Å². The highest BCUT2D eigenvalue weighted by Crippen LogP contribution is 2.51. The van der Waals surface area contributed by atoms with Crippen LogP contribution in [0.1, 0.15) is 53.6 Å². The van der Waals surface area contributed by atoms with Crippen molar-refractivity contribution in [3.8, 4) is 11.5 Å². The van der Waals surface area contributed by atoms with E-state index in [1.807, 2.05) is 0 Å². The SMILES string of the molecule is COc1cc(C=O)cc2c1OC1C2C(C(=O)NCCO)=CC(N(Cc2ccoc2)C(=O)CCCC(C)=O)C1O. The van der Waals surface area contributed by atoms with Crippen LogP contribution in [0.25, 0.3) is 0 Å². The Morgan fingerprint density at radius 2 is 2.03 bits per heavy atom. The zero-order valence-corrected chi connectivity index (χ0v) is 21.8. The highest BCUT2D eigenvalue weighted by molar-refractivity contribution is 5.96. The number of methoxy groups -OCH3 is 1. The van der Waals surface area contributed by atoms with Crippen molar-refractivity contribution < 1.29 is 43.3 Å². The van der Waals surface area contributed by atoms with Gasteiger partial charge in [-0.25, -0.2) is 0 Å². The first-order valence-electron chi connectivity index (χ1n) is 12.7. The molecule has 1 aromatic heterocycles. The molecule has 11 nitrogen and oxygen atoms in total. The molecule has 0 saturated heterocycles. The fourth-order valence-electron chi connectivity index (χ4n) is 5.13. The minimum absolute atomic E-state index is 0.00506. The quantitative estimate of drug-likeness (QED) is 0.340. The monoisotopic (exact) mass is 540 g/mol. The second-order valence-electron chi connectivity index (χ2n) is 9.61. The number of nitrogens with one attached hydrogen (secondary N) is 1. The van der Waals surface area contributed by atoms with E-state index in [1.165, 1.54) is 37.5 Å². The van der Waals surface area contributed by atoms with Crippen molar-refractivity contribution in [2.45, 2.75) is 56.9 Å². The number of benzene rings is 1. The summed E-state index contributed by atoms with van der Waals surface area (Å²) < 4.78 is 16.8. The Morgan fingerprint density at radius 1 is 1.23 bits per heavy atom. The molecule has 4 rings (SSSR count). The largest absolute Gasteiger partial charge is 0.493 e. The molecule has 2 amide bonds. The topological polar surface area (TPSA) is 156 Å². The van der Waals surface area contributed by atoms with Gasteiger partial charge in [0.25, 0.3) is 0 Å². The molecule has 0 radical (unpaired) electrons. The third-order valence-electron chi connectivity index (χ3n) is 6.94. The van der Waals surface area contributed by atoms with E-state index >= 15 is 0 Å². The van der Waals surface area contributed by atoms with Crippen LogP contribution in [0.15, 0.2) is 46.8 Å². The molecule has 2 heterocycles. The van der Waals surface area contributed by atoms with Crippen molar-refractivity contribution in [3.63, 3.8) is 0 Å². The van der Waals surface area contributed by atoms with Gasteiger partial charge in [-0.15, -0.1) is 0 Å². The number of carbonyl (C=O) groups is 4. The summed E-state index contributed by atoms with van der Waals surface area (Å²) in [6, 6.07) is 3.82. The van der Waals surface area contributed by atoms with Gasteiger partial charge in [-0.05, 0) is 37.6 Å². The summed E-state index contributed by atoms with van der Waals surface area (Å²) in [4.78, 5) is 51.3. The number of aliphatic hydroxyl groups is 2. The molecule has 0 saturated carbocycles. The standard InChI is InChI=1S/C28H32N2O9/c1-16(33)4-3-5-23(34)30(13-17-6-9-38-15-17)21-12-20(28(36)29-7-8-31)24-19-10-18(14-32)11-22(37-2)26(19)39-27(24)25(21)35/h6,9-12,14-15,21,24-25,27,31,35H,3-5,7-8,13H2,1-2H3,(H,29,36). The third kappa shape index (κ3) is 5.89. The number of furan rings is 1. The lowest BCUT2D eigenvalue weighted by Gasteiger charge is -2.40. The molecule has 0 fully saturated rings. The van der Waals surface area contributed by atoms with Crippen LogP contribution in [0, 0.1) is 0 Å². The van der Waals surface area contributed by atoms with Gasteiger partial charge >= 0.3 is 0 Å². The minimum atomic E-state index is -1.26. The first-order chi connectivity index (χ1) is 18.8. The number of amides is 2. The molecule has 4 atom stereocenters. The number of rotatable bonds is 12. The second kappa shape index (κ2) is 12.3. The first kappa shape index (κ1) is 28.1. The maximum Gasteiger partial charge on any atom is 0.247 e. The Morgan fingerprint density at radius 3 is 2.67 bits per heavy atom.